The van der Waals surface area contributed by atoms with Crippen LogP contribution in [0, 0.1) is 0 Å². The molecule has 5 rings (SSSR count). The molecule has 0 bridgehead atoms. The number of aromatic hydroxyl groups is 1. The Kier molecular flexibility index (Phi) is 5.15. The van der Waals surface area contributed by atoms with E-state index in [1.54, 1.807) is 26.4 Å². The number of methoxy groups -OCH3 is 2. The van der Waals surface area contributed by atoms with E-state index in [9.17, 15) is 5.11 Å². The molecule has 0 fully saturated rings. The highest BCUT2D eigenvalue weighted by atomic mass is 16.5. The van der Waals surface area contributed by atoms with E-state index < -0.39 is 0 Å². The molecule has 0 saturated heterocycles. The fourth-order valence-corrected chi connectivity index (χ4v) is 4.32. The zero-order valence-corrected chi connectivity index (χ0v) is 18.0. The van der Waals surface area contributed by atoms with Gasteiger partial charge in [-0.05, 0) is 46.7 Å². The molecule has 32 heavy (non-hydrogen) atoms. The first-order chi connectivity index (χ1) is 15.7. The lowest BCUT2D eigenvalue weighted by molar-refractivity contribution is 0.412. The van der Waals surface area contributed by atoms with Crippen LogP contribution in [0.5, 0.6) is 17.2 Å². The molecular formula is C27H24N2O3. The largest absolute Gasteiger partial charge is 0.507 e. The van der Waals surface area contributed by atoms with Crippen molar-refractivity contribution in [2.75, 3.05) is 19.2 Å². The molecule has 5 heteroatoms. The van der Waals surface area contributed by atoms with Crippen LogP contribution in [0.15, 0.2) is 90.0 Å². The van der Waals surface area contributed by atoms with Gasteiger partial charge in [-0.25, -0.2) is 0 Å². The number of phenolic OH excluding ortho intramolecular Hbond substituents is 1. The van der Waals surface area contributed by atoms with Crippen molar-refractivity contribution < 1.29 is 14.6 Å². The fourth-order valence-electron chi connectivity index (χ4n) is 4.32. The maximum Gasteiger partial charge on any atom is 0.124 e. The fraction of sp³-hybridized carbons (Fsp3) is 0.148. The summed E-state index contributed by atoms with van der Waals surface area (Å²) < 4.78 is 10.8. The summed E-state index contributed by atoms with van der Waals surface area (Å²) in [5.74, 6) is 1.64. The summed E-state index contributed by atoms with van der Waals surface area (Å²) in [6.07, 6.45) is 0.645. The maximum atomic E-state index is 10.6. The number of hydrazone groups is 1. The Labute approximate surface area is 187 Å². The van der Waals surface area contributed by atoms with Crippen LogP contribution in [0.1, 0.15) is 23.6 Å². The van der Waals surface area contributed by atoms with Crippen LogP contribution in [0.3, 0.4) is 0 Å². The lowest BCUT2D eigenvalue weighted by Gasteiger charge is -2.25. The van der Waals surface area contributed by atoms with Gasteiger partial charge in [-0.15, -0.1) is 0 Å². The van der Waals surface area contributed by atoms with Gasteiger partial charge in [0.1, 0.15) is 17.2 Å². The highest BCUT2D eigenvalue weighted by molar-refractivity contribution is 6.06. The normalized spacial score (nSPS) is 15.6. The van der Waals surface area contributed by atoms with E-state index in [4.69, 9.17) is 14.6 Å². The van der Waals surface area contributed by atoms with E-state index in [-0.39, 0.29) is 11.8 Å². The molecule has 1 aliphatic heterocycles. The molecule has 0 amide bonds. The minimum Gasteiger partial charge on any atom is -0.507 e. The van der Waals surface area contributed by atoms with E-state index >= 15 is 0 Å². The Morgan fingerprint density at radius 1 is 0.844 bits per heavy atom. The van der Waals surface area contributed by atoms with Crippen LogP contribution in [-0.2, 0) is 0 Å². The summed E-state index contributed by atoms with van der Waals surface area (Å²) in [4.78, 5) is 0. The second-order valence-corrected chi connectivity index (χ2v) is 7.76. The van der Waals surface area contributed by atoms with Crippen LogP contribution in [-0.4, -0.2) is 25.0 Å². The number of hydrogen-bond donors (Lipinski definition) is 1. The summed E-state index contributed by atoms with van der Waals surface area (Å²) in [6, 6.07) is 27.8. The van der Waals surface area contributed by atoms with Gasteiger partial charge >= 0.3 is 0 Å². The second-order valence-electron chi connectivity index (χ2n) is 7.76. The highest BCUT2D eigenvalue weighted by Crippen LogP contribution is 2.41. The number of fused-ring (bicyclic) bond motifs is 1. The zero-order valence-electron chi connectivity index (χ0n) is 18.0. The summed E-state index contributed by atoms with van der Waals surface area (Å²) in [5, 5.41) is 20.0. The minimum absolute atomic E-state index is 0.0335. The van der Waals surface area contributed by atoms with Crippen LogP contribution in [0.2, 0.25) is 0 Å². The summed E-state index contributed by atoms with van der Waals surface area (Å²) in [5.41, 5.74) is 3.61. The molecule has 1 aliphatic rings. The van der Waals surface area contributed by atoms with Crippen molar-refractivity contribution in [1.29, 1.82) is 0 Å². The number of rotatable bonds is 5. The monoisotopic (exact) mass is 424 g/mol. The van der Waals surface area contributed by atoms with Crippen molar-refractivity contribution >= 4 is 22.2 Å². The van der Waals surface area contributed by atoms with Gasteiger partial charge in [0.15, 0.2) is 0 Å². The Morgan fingerprint density at radius 3 is 2.44 bits per heavy atom. The molecule has 0 saturated carbocycles. The third kappa shape index (κ3) is 3.52. The van der Waals surface area contributed by atoms with Gasteiger partial charge in [-0.3, -0.25) is 5.01 Å². The topological polar surface area (TPSA) is 54.3 Å². The van der Waals surface area contributed by atoms with Crippen molar-refractivity contribution in [3.8, 4) is 17.2 Å². The van der Waals surface area contributed by atoms with E-state index in [0.29, 0.717) is 17.7 Å². The van der Waals surface area contributed by atoms with Crippen molar-refractivity contribution in [2.45, 2.75) is 12.5 Å². The molecule has 0 spiro atoms. The Hall–Kier alpha value is -3.99. The maximum absolute atomic E-state index is 10.6. The first kappa shape index (κ1) is 19.9. The molecule has 0 radical (unpaired) electrons. The van der Waals surface area contributed by atoms with Gasteiger partial charge in [-0.1, -0.05) is 48.5 Å². The number of nitrogens with zero attached hydrogens (tertiary/aromatic N) is 2. The number of anilines is 1. The molecule has 4 aromatic carbocycles. The second kappa shape index (κ2) is 8.27. The molecule has 1 heterocycles. The number of ether oxygens (including phenoxy) is 2. The SMILES string of the molecule is COc1cccc(N2N=C(c3cc(OC)ccc3O)CC2c2cccc3ccccc23)c1. The number of hydrogen-bond acceptors (Lipinski definition) is 5. The van der Waals surface area contributed by atoms with Gasteiger partial charge in [-0.2, -0.15) is 5.10 Å². The predicted octanol–water partition coefficient (Wildman–Crippen LogP) is 5.92. The number of benzene rings is 4. The van der Waals surface area contributed by atoms with Gasteiger partial charge in [0.05, 0.1) is 31.7 Å². The lowest BCUT2D eigenvalue weighted by atomic mass is 9.93. The van der Waals surface area contributed by atoms with Gasteiger partial charge in [0.25, 0.3) is 0 Å². The number of phenols is 1. The summed E-state index contributed by atoms with van der Waals surface area (Å²) in [7, 11) is 3.28. The molecule has 4 aromatic rings. The molecule has 5 nitrogen and oxygen atoms in total. The summed E-state index contributed by atoms with van der Waals surface area (Å²) >= 11 is 0. The molecule has 0 aliphatic carbocycles. The molecule has 1 unspecified atom stereocenters. The van der Waals surface area contributed by atoms with E-state index in [0.717, 1.165) is 17.1 Å². The standard InChI is InChI=1S/C27H24N2O3/c1-31-20-10-6-9-19(15-20)29-26(23-12-5-8-18-7-3-4-11-22(18)23)17-25(28-29)24-16-21(32-2)13-14-27(24)30/h3-16,26,30H,17H2,1-2H3. The molecule has 0 aromatic heterocycles. The Balaban J connectivity index is 1.66. The van der Waals surface area contributed by atoms with E-state index in [2.05, 4.69) is 42.5 Å². The zero-order chi connectivity index (χ0) is 22.1. The minimum atomic E-state index is -0.0335. The molecule has 1 N–H and O–H groups in total. The average Bonchev–Trinajstić information content (AvgIpc) is 3.29. The average molecular weight is 425 g/mol. The van der Waals surface area contributed by atoms with Gasteiger partial charge < -0.3 is 14.6 Å². The van der Waals surface area contributed by atoms with E-state index in [1.807, 2.05) is 35.3 Å². The Morgan fingerprint density at radius 2 is 1.59 bits per heavy atom. The molecule has 1 atom stereocenters. The third-order valence-electron chi connectivity index (χ3n) is 5.93. The van der Waals surface area contributed by atoms with Crippen LogP contribution < -0.4 is 14.5 Å². The van der Waals surface area contributed by atoms with Gasteiger partial charge in [0.2, 0.25) is 0 Å². The highest BCUT2D eigenvalue weighted by Gasteiger charge is 2.32. The smallest absolute Gasteiger partial charge is 0.124 e. The van der Waals surface area contributed by atoms with Crippen molar-refractivity contribution in [2.24, 2.45) is 5.10 Å². The van der Waals surface area contributed by atoms with Crippen LogP contribution >= 0.6 is 0 Å². The lowest BCUT2D eigenvalue weighted by Crippen LogP contribution is -2.18. The van der Waals surface area contributed by atoms with Crippen molar-refractivity contribution in [3.05, 3.63) is 96.1 Å². The molecule has 160 valence electrons. The van der Waals surface area contributed by atoms with E-state index in [1.165, 1.54) is 16.3 Å². The summed E-state index contributed by atoms with van der Waals surface area (Å²) in [6.45, 7) is 0. The first-order valence-corrected chi connectivity index (χ1v) is 10.5. The quantitative estimate of drug-likeness (QED) is 0.432. The van der Waals surface area contributed by atoms with Crippen LogP contribution in [0.4, 0.5) is 5.69 Å². The van der Waals surface area contributed by atoms with Crippen molar-refractivity contribution in [3.63, 3.8) is 0 Å². The molecular weight excluding hydrogens is 400 g/mol. The Bertz CT molecular complexity index is 1310. The van der Waals surface area contributed by atoms with Crippen molar-refractivity contribution in [1.82, 2.24) is 0 Å². The predicted molar refractivity (Wildman–Crippen MR) is 128 cm³/mol. The third-order valence-corrected chi connectivity index (χ3v) is 5.93. The van der Waals surface area contributed by atoms with Gasteiger partial charge in [0, 0.05) is 18.1 Å². The first-order valence-electron chi connectivity index (χ1n) is 10.5. The van der Waals surface area contributed by atoms with Crippen LogP contribution in [0.25, 0.3) is 10.8 Å².